The second-order valence-corrected chi connectivity index (χ2v) is 6.57. The van der Waals surface area contributed by atoms with Crippen LogP contribution in [0.25, 0.3) is 0 Å². The number of rotatable bonds is 7. The number of hydrogen-bond donors (Lipinski definition) is 1. The molecule has 2 unspecified atom stereocenters. The quantitative estimate of drug-likeness (QED) is 0.682. The highest BCUT2D eigenvalue weighted by Gasteiger charge is 2.26. The van der Waals surface area contributed by atoms with Gasteiger partial charge < -0.3 is 5.32 Å². The Morgan fingerprint density at radius 1 is 1.18 bits per heavy atom. The van der Waals surface area contributed by atoms with Gasteiger partial charge in [-0.05, 0) is 49.7 Å². The molecule has 102 valence electrons. The van der Waals surface area contributed by atoms with Crippen molar-refractivity contribution in [2.45, 2.75) is 64.8 Å². The molecule has 0 amide bonds. The van der Waals surface area contributed by atoms with E-state index in [0.29, 0.717) is 0 Å². The summed E-state index contributed by atoms with van der Waals surface area (Å²) in [6, 6.07) is 0.764. The molecule has 1 saturated carbocycles. The molecule has 0 radical (unpaired) electrons. The Labute approximate surface area is 113 Å². The van der Waals surface area contributed by atoms with Crippen molar-refractivity contribution in [2.24, 2.45) is 11.8 Å². The molecule has 1 fully saturated rings. The molecule has 1 nitrogen and oxygen atoms in total. The Balaban J connectivity index is 2.52. The van der Waals surface area contributed by atoms with Crippen LogP contribution in [0.3, 0.4) is 0 Å². The molecule has 0 bridgehead atoms. The monoisotopic (exact) mass is 257 g/mol. The van der Waals surface area contributed by atoms with Crippen LogP contribution in [-0.4, -0.2) is 24.6 Å². The third-order valence-electron chi connectivity index (χ3n) is 4.08. The molecule has 1 N–H and O–H groups in total. The summed E-state index contributed by atoms with van der Waals surface area (Å²) in [6.07, 6.45) is 12.3. The molecule has 0 heterocycles. The fourth-order valence-electron chi connectivity index (χ4n) is 3.18. The maximum atomic E-state index is 3.84. The Hall–Kier alpha value is 0.310. The third kappa shape index (κ3) is 5.65. The van der Waals surface area contributed by atoms with Crippen LogP contribution < -0.4 is 5.32 Å². The van der Waals surface area contributed by atoms with Gasteiger partial charge in [0.25, 0.3) is 0 Å². The fourth-order valence-corrected chi connectivity index (χ4v) is 3.91. The van der Waals surface area contributed by atoms with Crippen LogP contribution in [-0.2, 0) is 0 Å². The molecule has 0 aliphatic heterocycles. The van der Waals surface area contributed by atoms with Gasteiger partial charge in [0.2, 0.25) is 0 Å². The van der Waals surface area contributed by atoms with Crippen molar-refractivity contribution >= 4 is 11.8 Å². The first-order valence-electron chi connectivity index (χ1n) is 7.52. The van der Waals surface area contributed by atoms with Gasteiger partial charge in [-0.3, -0.25) is 0 Å². The van der Waals surface area contributed by atoms with Crippen molar-refractivity contribution in [3.8, 4) is 0 Å². The second-order valence-electron chi connectivity index (χ2n) is 5.66. The molecule has 0 aromatic heterocycles. The molecule has 1 aliphatic carbocycles. The summed E-state index contributed by atoms with van der Waals surface area (Å²) in [5, 5.41) is 3.84. The Bertz CT molecular complexity index is 176. The third-order valence-corrected chi connectivity index (χ3v) is 4.94. The van der Waals surface area contributed by atoms with Gasteiger partial charge in [-0.1, -0.05) is 39.5 Å². The predicted octanol–water partition coefficient (Wildman–Crippen LogP) is 4.32. The number of nitrogens with one attached hydrogen (secondary N) is 1. The van der Waals surface area contributed by atoms with Crippen molar-refractivity contribution in [3.63, 3.8) is 0 Å². The largest absolute Gasteiger partial charge is 0.313 e. The summed E-state index contributed by atoms with van der Waals surface area (Å²) >= 11 is 2.00. The van der Waals surface area contributed by atoms with Crippen molar-refractivity contribution in [2.75, 3.05) is 18.6 Å². The lowest BCUT2D eigenvalue weighted by molar-refractivity contribution is 0.261. The lowest BCUT2D eigenvalue weighted by atomic mass is 9.85. The Kier molecular flexibility index (Phi) is 8.38. The van der Waals surface area contributed by atoms with E-state index in [1.807, 2.05) is 11.8 Å². The summed E-state index contributed by atoms with van der Waals surface area (Å²) in [5.74, 6) is 3.06. The molecule has 0 saturated heterocycles. The zero-order valence-corrected chi connectivity index (χ0v) is 12.8. The number of hydrogen-bond acceptors (Lipinski definition) is 2. The summed E-state index contributed by atoms with van der Waals surface area (Å²) in [7, 11) is 0. The van der Waals surface area contributed by atoms with E-state index in [-0.39, 0.29) is 0 Å². The van der Waals surface area contributed by atoms with Crippen molar-refractivity contribution < 1.29 is 0 Å². The first-order chi connectivity index (χ1) is 8.29. The second kappa shape index (κ2) is 9.27. The minimum Gasteiger partial charge on any atom is -0.313 e. The topological polar surface area (TPSA) is 12.0 Å². The average Bonchev–Trinajstić information content (AvgIpc) is 2.59. The fraction of sp³-hybridized carbons (Fsp3) is 1.00. The molecule has 1 rings (SSSR count). The molecule has 0 spiro atoms. The number of thioether (sulfide) groups is 1. The van der Waals surface area contributed by atoms with E-state index >= 15 is 0 Å². The first kappa shape index (κ1) is 15.4. The molecule has 0 aromatic rings. The van der Waals surface area contributed by atoms with Crippen LogP contribution >= 0.6 is 11.8 Å². The average molecular weight is 257 g/mol. The minimum atomic E-state index is 0.764. The molecule has 2 atom stereocenters. The molecule has 0 aromatic carbocycles. The van der Waals surface area contributed by atoms with Gasteiger partial charge in [0.1, 0.15) is 0 Å². The maximum absolute atomic E-state index is 3.84. The highest BCUT2D eigenvalue weighted by Crippen LogP contribution is 2.29. The normalized spacial score (nSPS) is 22.1. The van der Waals surface area contributed by atoms with Crippen molar-refractivity contribution in [1.82, 2.24) is 5.32 Å². The Morgan fingerprint density at radius 3 is 2.35 bits per heavy atom. The smallest absolute Gasteiger partial charge is 0.0129 e. The lowest BCUT2D eigenvalue weighted by Crippen LogP contribution is -2.42. The van der Waals surface area contributed by atoms with E-state index in [9.17, 15) is 0 Å². The van der Waals surface area contributed by atoms with Crippen molar-refractivity contribution in [1.29, 1.82) is 0 Å². The Morgan fingerprint density at radius 2 is 1.82 bits per heavy atom. The zero-order chi connectivity index (χ0) is 12.5. The first-order valence-corrected chi connectivity index (χ1v) is 8.91. The van der Waals surface area contributed by atoms with E-state index in [4.69, 9.17) is 0 Å². The van der Waals surface area contributed by atoms with E-state index in [1.54, 1.807) is 0 Å². The van der Waals surface area contributed by atoms with E-state index in [2.05, 4.69) is 25.4 Å². The van der Waals surface area contributed by atoms with E-state index < -0.39 is 0 Å². The summed E-state index contributed by atoms with van der Waals surface area (Å²) in [6.45, 7) is 5.91. The van der Waals surface area contributed by atoms with Gasteiger partial charge in [0.05, 0.1) is 0 Å². The SMILES string of the molecule is CCCNC(C(C)CSC)C1CCCCCC1. The summed E-state index contributed by atoms with van der Waals surface area (Å²) in [5.41, 5.74) is 0. The van der Waals surface area contributed by atoms with Gasteiger partial charge in [-0.2, -0.15) is 11.8 Å². The van der Waals surface area contributed by atoms with Crippen LogP contribution in [0.2, 0.25) is 0 Å². The standard InChI is InChI=1S/C15H31NS/c1-4-11-16-15(13(2)12-17-3)14-9-7-5-6-8-10-14/h13-16H,4-12H2,1-3H3. The van der Waals surface area contributed by atoms with Gasteiger partial charge in [0, 0.05) is 6.04 Å². The van der Waals surface area contributed by atoms with Crippen LogP contribution in [0.4, 0.5) is 0 Å². The van der Waals surface area contributed by atoms with Crippen LogP contribution in [0.5, 0.6) is 0 Å². The highest BCUT2D eigenvalue weighted by atomic mass is 32.2. The van der Waals surface area contributed by atoms with Gasteiger partial charge >= 0.3 is 0 Å². The van der Waals surface area contributed by atoms with Crippen LogP contribution in [0, 0.1) is 11.8 Å². The predicted molar refractivity (Wildman–Crippen MR) is 80.8 cm³/mol. The highest BCUT2D eigenvalue weighted by molar-refractivity contribution is 7.98. The molecular formula is C15H31NS. The zero-order valence-electron chi connectivity index (χ0n) is 12.0. The van der Waals surface area contributed by atoms with Gasteiger partial charge in [-0.25, -0.2) is 0 Å². The minimum absolute atomic E-state index is 0.764. The van der Waals surface area contributed by atoms with Gasteiger partial charge in [-0.15, -0.1) is 0 Å². The van der Waals surface area contributed by atoms with E-state index in [0.717, 1.165) is 17.9 Å². The summed E-state index contributed by atoms with van der Waals surface area (Å²) < 4.78 is 0. The lowest BCUT2D eigenvalue weighted by Gasteiger charge is -2.32. The van der Waals surface area contributed by atoms with Crippen LogP contribution in [0.1, 0.15) is 58.8 Å². The van der Waals surface area contributed by atoms with Crippen molar-refractivity contribution in [3.05, 3.63) is 0 Å². The molecule has 1 aliphatic rings. The van der Waals surface area contributed by atoms with E-state index in [1.165, 1.54) is 57.2 Å². The maximum Gasteiger partial charge on any atom is 0.0129 e. The summed E-state index contributed by atoms with van der Waals surface area (Å²) in [4.78, 5) is 0. The van der Waals surface area contributed by atoms with Crippen LogP contribution in [0.15, 0.2) is 0 Å². The molecule has 2 heteroatoms. The molecular weight excluding hydrogens is 226 g/mol. The van der Waals surface area contributed by atoms with Gasteiger partial charge in [0.15, 0.2) is 0 Å². The molecule has 17 heavy (non-hydrogen) atoms.